The maximum atomic E-state index is 11.9. The molecule has 0 aromatic carbocycles. The number of nitrogens with zero attached hydrogens (tertiary/aromatic N) is 3. The molecule has 0 unspecified atom stereocenters. The van der Waals surface area contributed by atoms with Crippen LogP contribution in [0.2, 0.25) is 0 Å². The Morgan fingerprint density at radius 3 is 2.90 bits per heavy atom. The highest BCUT2D eigenvalue weighted by Gasteiger charge is 2.37. The van der Waals surface area contributed by atoms with Crippen LogP contribution in [-0.4, -0.2) is 39.5 Å². The maximum absolute atomic E-state index is 11.9. The molecule has 20 heavy (non-hydrogen) atoms. The Morgan fingerprint density at radius 1 is 1.45 bits per heavy atom. The van der Waals surface area contributed by atoms with Gasteiger partial charge in [0.15, 0.2) is 0 Å². The standard InChI is InChI=1S/C15H21N3O2/c1-9(2)14-16-7-11-4-5-18(8-12(11)17-14)13-6-10(3)20-15(13)19/h7,9-10,13H,4-6,8H2,1-3H3/t10-,13+/m1/s1. The lowest BCUT2D eigenvalue weighted by molar-refractivity contribution is -0.145. The molecule has 0 amide bonds. The summed E-state index contributed by atoms with van der Waals surface area (Å²) in [6, 6.07) is -0.101. The minimum absolute atomic E-state index is 0.0329. The second-order valence-electron chi connectivity index (χ2n) is 6.07. The van der Waals surface area contributed by atoms with Crippen molar-refractivity contribution in [2.45, 2.75) is 58.2 Å². The summed E-state index contributed by atoms with van der Waals surface area (Å²) in [4.78, 5) is 23.2. The molecule has 1 fully saturated rings. The van der Waals surface area contributed by atoms with E-state index in [0.717, 1.165) is 37.4 Å². The molecule has 1 saturated heterocycles. The van der Waals surface area contributed by atoms with Crippen molar-refractivity contribution in [1.29, 1.82) is 0 Å². The highest BCUT2D eigenvalue weighted by Crippen LogP contribution is 2.26. The highest BCUT2D eigenvalue weighted by molar-refractivity contribution is 5.78. The van der Waals surface area contributed by atoms with Gasteiger partial charge in [-0.05, 0) is 18.9 Å². The number of cyclic esters (lactones) is 1. The van der Waals surface area contributed by atoms with Gasteiger partial charge in [0.1, 0.15) is 18.0 Å². The van der Waals surface area contributed by atoms with Crippen molar-refractivity contribution in [3.63, 3.8) is 0 Å². The van der Waals surface area contributed by atoms with Crippen LogP contribution in [0.5, 0.6) is 0 Å². The van der Waals surface area contributed by atoms with Crippen molar-refractivity contribution in [3.05, 3.63) is 23.3 Å². The number of carbonyl (C=O) groups is 1. The van der Waals surface area contributed by atoms with E-state index in [4.69, 9.17) is 4.74 Å². The first-order valence-corrected chi connectivity index (χ1v) is 7.34. The summed E-state index contributed by atoms with van der Waals surface area (Å²) >= 11 is 0. The van der Waals surface area contributed by atoms with Gasteiger partial charge in [-0.3, -0.25) is 9.69 Å². The zero-order valence-corrected chi connectivity index (χ0v) is 12.3. The van der Waals surface area contributed by atoms with Crippen molar-refractivity contribution in [3.8, 4) is 0 Å². The van der Waals surface area contributed by atoms with E-state index in [1.807, 2.05) is 13.1 Å². The van der Waals surface area contributed by atoms with Gasteiger partial charge in [0.05, 0.1) is 5.69 Å². The molecular weight excluding hydrogens is 254 g/mol. The molecular formula is C15H21N3O2. The fourth-order valence-electron chi connectivity index (χ4n) is 2.92. The van der Waals surface area contributed by atoms with E-state index in [1.54, 1.807) is 0 Å². The van der Waals surface area contributed by atoms with Crippen LogP contribution in [0.1, 0.15) is 50.2 Å². The average molecular weight is 275 g/mol. The molecule has 108 valence electrons. The van der Waals surface area contributed by atoms with Crippen molar-refractivity contribution in [2.24, 2.45) is 0 Å². The van der Waals surface area contributed by atoms with Crippen LogP contribution in [0.3, 0.4) is 0 Å². The van der Waals surface area contributed by atoms with Gasteiger partial charge in [-0.1, -0.05) is 13.8 Å². The van der Waals surface area contributed by atoms with E-state index in [-0.39, 0.29) is 18.1 Å². The van der Waals surface area contributed by atoms with Crippen LogP contribution in [-0.2, 0) is 22.5 Å². The van der Waals surface area contributed by atoms with Crippen LogP contribution in [0, 0.1) is 0 Å². The summed E-state index contributed by atoms with van der Waals surface area (Å²) in [6.45, 7) is 7.75. The van der Waals surface area contributed by atoms with Crippen LogP contribution < -0.4 is 0 Å². The van der Waals surface area contributed by atoms with Crippen molar-refractivity contribution in [1.82, 2.24) is 14.9 Å². The van der Waals surface area contributed by atoms with Crippen LogP contribution >= 0.6 is 0 Å². The fourth-order valence-corrected chi connectivity index (χ4v) is 2.92. The monoisotopic (exact) mass is 275 g/mol. The zero-order valence-electron chi connectivity index (χ0n) is 12.3. The number of hydrogen-bond donors (Lipinski definition) is 0. The van der Waals surface area contributed by atoms with Gasteiger partial charge in [-0.2, -0.15) is 0 Å². The summed E-state index contributed by atoms with van der Waals surface area (Å²) in [6.07, 6.45) is 3.68. The SMILES string of the molecule is CC(C)c1ncc2c(n1)CN([C@H]1C[C@@H](C)OC1=O)CC2. The summed E-state index contributed by atoms with van der Waals surface area (Å²) in [5, 5.41) is 0. The molecule has 0 saturated carbocycles. The molecule has 0 radical (unpaired) electrons. The third kappa shape index (κ3) is 2.42. The van der Waals surface area contributed by atoms with Gasteiger partial charge in [0.2, 0.25) is 0 Å². The minimum Gasteiger partial charge on any atom is -0.461 e. The second kappa shape index (κ2) is 5.13. The molecule has 5 nitrogen and oxygen atoms in total. The van der Waals surface area contributed by atoms with Crippen LogP contribution in [0.25, 0.3) is 0 Å². The summed E-state index contributed by atoms with van der Waals surface area (Å²) in [7, 11) is 0. The normalized spacial score (nSPS) is 26.7. The van der Waals surface area contributed by atoms with E-state index in [1.165, 1.54) is 5.56 Å². The smallest absolute Gasteiger partial charge is 0.323 e. The Labute approximate surface area is 119 Å². The van der Waals surface area contributed by atoms with E-state index < -0.39 is 0 Å². The lowest BCUT2D eigenvalue weighted by atomic mass is 10.0. The largest absolute Gasteiger partial charge is 0.461 e. The predicted molar refractivity (Wildman–Crippen MR) is 74.2 cm³/mol. The molecule has 0 aliphatic carbocycles. The van der Waals surface area contributed by atoms with E-state index in [0.29, 0.717) is 5.92 Å². The fraction of sp³-hybridized carbons (Fsp3) is 0.667. The van der Waals surface area contributed by atoms with Gasteiger partial charge in [0.25, 0.3) is 0 Å². The van der Waals surface area contributed by atoms with E-state index in [2.05, 4.69) is 28.7 Å². The molecule has 5 heteroatoms. The number of ether oxygens (including phenoxy) is 1. The lowest BCUT2D eigenvalue weighted by Gasteiger charge is -2.30. The van der Waals surface area contributed by atoms with Crippen molar-refractivity contribution in [2.75, 3.05) is 6.54 Å². The van der Waals surface area contributed by atoms with Gasteiger partial charge in [0, 0.05) is 31.6 Å². The number of rotatable bonds is 2. The van der Waals surface area contributed by atoms with E-state index in [9.17, 15) is 4.79 Å². The zero-order chi connectivity index (χ0) is 14.3. The Hall–Kier alpha value is -1.49. The quantitative estimate of drug-likeness (QED) is 0.768. The molecule has 2 atom stereocenters. The van der Waals surface area contributed by atoms with Gasteiger partial charge in [-0.25, -0.2) is 9.97 Å². The Bertz CT molecular complexity index is 530. The number of hydrogen-bond acceptors (Lipinski definition) is 5. The first-order chi connectivity index (χ1) is 9.54. The maximum Gasteiger partial charge on any atom is 0.323 e. The van der Waals surface area contributed by atoms with Crippen molar-refractivity contribution < 1.29 is 9.53 Å². The summed E-state index contributed by atoms with van der Waals surface area (Å²) < 4.78 is 5.26. The predicted octanol–water partition coefficient (Wildman–Crippen LogP) is 1.66. The lowest BCUT2D eigenvalue weighted by Crippen LogP contribution is -2.42. The highest BCUT2D eigenvalue weighted by atomic mass is 16.6. The molecule has 1 aromatic rings. The topological polar surface area (TPSA) is 55.3 Å². The molecule has 0 spiro atoms. The van der Waals surface area contributed by atoms with Crippen LogP contribution in [0.15, 0.2) is 6.20 Å². The van der Waals surface area contributed by atoms with Crippen LogP contribution in [0.4, 0.5) is 0 Å². The van der Waals surface area contributed by atoms with E-state index >= 15 is 0 Å². The first kappa shape index (κ1) is 13.5. The first-order valence-electron chi connectivity index (χ1n) is 7.34. The molecule has 2 aliphatic heterocycles. The van der Waals surface area contributed by atoms with Crippen molar-refractivity contribution >= 4 is 5.97 Å². The Balaban J connectivity index is 1.80. The number of fused-ring (bicyclic) bond motifs is 1. The molecule has 1 aromatic heterocycles. The van der Waals surface area contributed by atoms with Gasteiger partial charge < -0.3 is 4.74 Å². The second-order valence-corrected chi connectivity index (χ2v) is 6.07. The number of aromatic nitrogens is 2. The summed E-state index contributed by atoms with van der Waals surface area (Å²) in [5.74, 6) is 1.12. The number of esters is 1. The van der Waals surface area contributed by atoms with Gasteiger partial charge >= 0.3 is 5.97 Å². The summed E-state index contributed by atoms with van der Waals surface area (Å²) in [5.41, 5.74) is 2.28. The molecule has 0 bridgehead atoms. The Morgan fingerprint density at radius 2 is 2.25 bits per heavy atom. The minimum atomic E-state index is -0.101. The Kier molecular flexibility index (Phi) is 3.46. The average Bonchev–Trinajstić information content (AvgIpc) is 2.76. The number of carbonyl (C=O) groups excluding carboxylic acids is 1. The molecule has 3 rings (SSSR count). The van der Waals surface area contributed by atoms with Gasteiger partial charge in [-0.15, -0.1) is 0 Å². The third-order valence-corrected chi connectivity index (χ3v) is 4.10. The molecule has 2 aliphatic rings. The molecule has 0 N–H and O–H groups in total. The molecule has 3 heterocycles. The third-order valence-electron chi connectivity index (χ3n) is 4.10.